The molecule has 0 nitrogen and oxygen atoms in total. The van der Waals surface area contributed by atoms with Crippen LogP contribution >= 0.6 is 0 Å². The Kier molecular flexibility index (Phi) is 60.9. The third-order valence-corrected chi connectivity index (χ3v) is 1.72. The summed E-state index contributed by atoms with van der Waals surface area (Å²) in [7, 11) is 0. The molecule has 0 saturated carbocycles. The van der Waals surface area contributed by atoms with Crippen LogP contribution in [0.3, 0.4) is 0 Å². The van der Waals surface area contributed by atoms with E-state index in [1.165, 1.54) is 5.56 Å². The van der Waals surface area contributed by atoms with Crippen molar-refractivity contribution in [3.63, 3.8) is 0 Å². The SMILES string of the molecule is C[CH-]C(C)c1[c-]cccc1.[Y].[Y].[Y].[Y].[Y].[Y]. The maximum atomic E-state index is 3.19. The van der Waals surface area contributed by atoms with Crippen molar-refractivity contribution in [1.82, 2.24) is 0 Å². The molecule has 0 spiro atoms. The van der Waals surface area contributed by atoms with E-state index in [4.69, 9.17) is 0 Å². The standard InChI is InChI=1S/C10H12.6Y/c1-3-9(2)10-7-5-4-6-8-10;;;;;;/h3-7,9H,1-2H3;;;;;;/q-2;;;;;;. The van der Waals surface area contributed by atoms with E-state index in [1.807, 2.05) is 18.2 Å². The average molecular weight is 666 g/mol. The molecule has 0 aliphatic heterocycles. The molecule has 0 amide bonds. The minimum Gasteiger partial charge on any atom is -0.326 e. The fraction of sp³-hybridized carbons (Fsp3) is 0.300. The molecular formula is C10H12Y6-2. The van der Waals surface area contributed by atoms with Crippen molar-refractivity contribution in [2.24, 2.45) is 0 Å². The molecule has 0 N–H and O–H groups in total. The van der Waals surface area contributed by atoms with Gasteiger partial charge in [0.05, 0.1) is 0 Å². The summed E-state index contributed by atoms with van der Waals surface area (Å²) >= 11 is 0. The van der Waals surface area contributed by atoms with Crippen LogP contribution in [0.5, 0.6) is 0 Å². The minimum absolute atomic E-state index is 0. The molecular weight excluding hydrogens is 654 g/mol. The van der Waals surface area contributed by atoms with Crippen molar-refractivity contribution >= 4 is 0 Å². The molecule has 0 aromatic heterocycles. The van der Waals surface area contributed by atoms with Gasteiger partial charge < -0.3 is 6.42 Å². The monoisotopic (exact) mass is 666 g/mol. The molecule has 0 bridgehead atoms. The van der Waals surface area contributed by atoms with E-state index >= 15 is 0 Å². The van der Waals surface area contributed by atoms with Crippen molar-refractivity contribution in [3.05, 3.63) is 42.3 Å². The first kappa shape index (κ1) is 37.8. The average Bonchev–Trinajstić information content (AvgIpc) is 2.05. The van der Waals surface area contributed by atoms with Crippen LogP contribution in [0.15, 0.2) is 24.3 Å². The third-order valence-electron chi connectivity index (χ3n) is 1.72. The van der Waals surface area contributed by atoms with Crippen molar-refractivity contribution in [2.45, 2.75) is 19.8 Å². The van der Waals surface area contributed by atoms with Crippen LogP contribution in [0.4, 0.5) is 0 Å². The van der Waals surface area contributed by atoms with E-state index < -0.39 is 0 Å². The number of hydrogen-bond donors (Lipinski definition) is 0. The van der Waals surface area contributed by atoms with Gasteiger partial charge in [-0.1, -0.05) is 6.92 Å². The summed E-state index contributed by atoms with van der Waals surface area (Å²) in [6.07, 6.45) is 2.17. The van der Waals surface area contributed by atoms with E-state index in [0.717, 1.165) is 0 Å². The Morgan fingerprint density at radius 2 is 1.50 bits per heavy atom. The summed E-state index contributed by atoms with van der Waals surface area (Å²) in [4.78, 5) is 0. The minimum atomic E-state index is 0. The van der Waals surface area contributed by atoms with Gasteiger partial charge in [-0.15, -0.1) is 0 Å². The molecule has 1 rings (SSSR count). The maximum absolute atomic E-state index is 3.19. The molecule has 6 heteroatoms. The summed E-state index contributed by atoms with van der Waals surface area (Å²) in [6, 6.07) is 11.3. The maximum Gasteiger partial charge on any atom is 0 e. The van der Waals surface area contributed by atoms with Crippen LogP contribution in [0.2, 0.25) is 0 Å². The molecule has 1 aromatic rings. The largest absolute Gasteiger partial charge is 0.326 e. The van der Waals surface area contributed by atoms with Gasteiger partial charge in [0.25, 0.3) is 0 Å². The molecule has 1 atom stereocenters. The van der Waals surface area contributed by atoms with Gasteiger partial charge in [0, 0.05) is 196 Å². The summed E-state index contributed by atoms with van der Waals surface area (Å²) in [5.74, 6) is 0.529. The zero-order chi connectivity index (χ0) is 7.40. The van der Waals surface area contributed by atoms with Crippen LogP contribution in [0.1, 0.15) is 25.3 Å². The Labute approximate surface area is 251 Å². The molecule has 1 aromatic carbocycles. The summed E-state index contributed by atoms with van der Waals surface area (Å²) in [5, 5.41) is 0. The molecule has 16 heavy (non-hydrogen) atoms. The van der Waals surface area contributed by atoms with Gasteiger partial charge in [-0.25, -0.2) is 0 Å². The normalized spacial score (nSPS) is 8.12. The molecule has 0 aliphatic rings. The van der Waals surface area contributed by atoms with Gasteiger partial charge >= 0.3 is 0 Å². The molecule has 0 fully saturated rings. The van der Waals surface area contributed by atoms with E-state index in [0.29, 0.717) is 5.92 Å². The number of benzene rings is 1. The summed E-state index contributed by atoms with van der Waals surface area (Å²) in [6.45, 7) is 4.25. The molecule has 72 valence electrons. The predicted octanol–water partition coefficient (Wildman–Crippen LogP) is 2.80. The van der Waals surface area contributed by atoms with Gasteiger partial charge in [0.1, 0.15) is 0 Å². The fourth-order valence-corrected chi connectivity index (χ4v) is 0.870. The van der Waals surface area contributed by atoms with Crippen molar-refractivity contribution in [3.8, 4) is 0 Å². The number of rotatable bonds is 2. The number of hydrogen-bond acceptors (Lipinski definition) is 0. The van der Waals surface area contributed by atoms with Crippen LogP contribution in [0.25, 0.3) is 0 Å². The molecule has 1 unspecified atom stereocenters. The van der Waals surface area contributed by atoms with Crippen LogP contribution in [0, 0.1) is 12.5 Å². The van der Waals surface area contributed by atoms with Gasteiger partial charge in [0.15, 0.2) is 0 Å². The predicted molar refractivity (Wildman–Crippen MR) is 43.7 cm³/mol. The van der Waals surface area contributed by atoms with Gasteiger partial charge in [-0.05, 0) is 0 Å². The first-order valence-corrected chi connectivity index (χ1v) is 3.60. The van der Waals surface area contributed by atoms with Crippen LogP contribution in [-0.4, -0.2) is 0 Å². The second-order valence-electron chi connectivity index (χ2n) is 2.44. The van der Waals surface area contributed by atoms with Gasteiger partial charge in [0.2, 0.25) is 0 Å². The molecule has 0 aliphatic carbocycles. The Morgan fingerprint density at radius 3 is 1.81 bits per heavy atom. The molecule has 6 radical (unpaired) electrons. The van der Waals surface area contributed by atoms with Crippen molar-refractivity contribution in [1.29, 1.82) is 0 Å². The third kappa shape index (κ3) is 17.9. The zero-order valence-electron chi connectivity index (χ0n) is 9.93. The summed E-state index contributed by atoms with van der Waals surface area (Å²) in [5.41, 5.74) is 1.27. The van der Waals surface area contributed by atoms with E-state index in [1.54, 1.807) is 0 Å². The second kappa shape index (κ2) is 25.8. The van der Waals surface area contributed by atoms with Gasteiger partial charge in [-0.2, -0.15) is 48.7 Å². The van der Waals surface area contributed by atoms with Crippen molar-refractivity contribution < 1.29 is 196 Å². The molecule has 0 saturated heterocycles. The Balaban J connectivity index is -0.0000000417. The second-order valence-corrected chi connectivity index (χ2v) is 2.44. The van der Waals surface area contributed by atoms with Crippen LogP contribution < -0.4 is 0 Å². The Bertz CT molecular complexity index is 192. The van der Waals surface area contributed by atoms with E-state index in [-0.39, 0.29) is 196 Å². The van der Waals surface area contributed by atoms with E-state index in [2.05, 4.69) is 32.4 Å². The first-order chi connectivity index (χ1) is 4.84. The van der Waals surface area contributed by atoms with Crippen LogP contribution in [-0.2, 0) is 196 Å². The Hall–Kier alpha value is 5.84. The topological polar surface area (TPSA) is 0 Å². The quantitative estimate of drug-likeness (QED) is 0.427. The Morgan fingerprint density at radius 1 is 1.00 bits per heavy atom. The summed E-state index contributed by atoms with van der Waals surface area (Å²) < 4.78 is 0. The van der Waals surface area contributed by atoms with Gasteiger partial charge in [-0.3, -0.25) is 0 Å². The fourth-order valence-electron chi connectivity index (χ4n) is 0.870. The molecule has 0 heterocycles. The van der Waals surface area contributed by atoms with E-state index in [9.17, 15) is 0 Å². The first-order valence-electron chi connectivity index (χ1n) is 3.60. The smallest absolute Gasteiger partial charge is 0 e. The van der Waals surface area contributed by atoms with Crippen molar-refractivity contribution in [2.75, 3.05) is 0 Å². The zero-order valence-corrected chi connectivity index (χ0v) is 27.0.